The van der Waals surface area contributed by atoms with Crippen molar-refractivity contribution >= 4 is 21.5 Å². The van der Waals surface area contributed by atoms with Crippen LogP contribution in [0.15, 0.2) is 200 Å². The summed E-state index contributed by atoms with van der Waals surface area (Å²) in [6.07, 6.45) is 3.86. The summed E-state index contributed by atoms with van der Waals surface area (Å²) in [7, 11) is 0. The molecule has 260 valence electrons. The molecule has 0 fully saturated rings. The van der Waals surface area contributed by atoms with Gasteiger partial charge in [-0.15, -0.1) is 0 Å². The fraction of sp³-hybridized carbons (Fsp3) is 0. The molecule has 8 aromatic carbocycles. The Hall–Kier alpha value is -7.49. The number of rotatable bonds is 6. The van der Waals surface area contributed by atoms with Crippen LogP contribution in [0.4, 0.5) is 0 Å². The predicted octanol–water partition coefficient (Wildman–Crippen LogP) is 13.8. The second-order valence-corrected chi connectivity index (χ2v) is 14.4. The summed E-state index contributed by atoms with van der Waals surface area (Å²) in [4.78, 5) is 14.7. The van der Waals surface area contributed by atoms with Crippen molar-refractivity contribution in [1.29, 1.82) is 0 Å². The van der Waals surface area contributed by atoms with Crippen molar-refractivity contribution in [2.24, 2.45) is 0 Å². The lowest BCUT2D eigenvalue weighted by Gasteiger charge is -2.12. The summed E-state index contributed by atoms with van der Waals surface area (Å²) in [5, 5.41) is 4.97. The summed E-state index contributed by atoms with van der Waals surface area (Å²) >= 11 is 0. The van der Waals surface area contributed by atoms with Gasteiger partial charge < -0.3 is 0 Å². The first-order valence-corrected chi connectivity index (χ1v) is 19.0. The van der Waals surface area contributed by atoms with Crippen molar-refractivity contribution in [3.63, 3.8) is 0 Å². The molecule has 1 aliphatic rings. The Morgan fingerprint density at radius 3 is 1.46 bits per heavy atom. The normalized spacial score (nSPS) is 11.6. The maximum atomic E-state index is 5.08. The van der Waals surface area contributed by atoms with Crippen molar-refractivity contribution in [3.8, 4) is 89.5 Å². The Labute approximate surface area is 325 Å². The van der Waals surface area contributed by atoms with Crippen molar-refractivity contribution < 1.29 is 0 Å². The minimum Gasteiger partial charge on any atom is -0.263 e. The Balaban J connectivity index is 0.911. The highest BCUT2D eigenvalue weighted by Gasteiger charge is 2.22. The molecule has 2 heterocycles. The largest absolute Gasteiger partial charge is 0.263 e. The van der Waals surface area contributed by atoms with Gasteiger partial charge in [-0.05, 0) is 72.3 Å². The van der Waals surface area contributed by atoms with Crippen LogP contribution >= 0.6 is 0 Å². The van der Waals surface area contributed by atoms with Crippen LogP contribution in [0.1, 0.15) is 0 Å². The van der Waals surface area contributed by atoms with Crippen LogP contribution in [0.2, 0.25) is 0 Å². The predicted molar refractivity (Wildman–Crippen MR) is 232 cm³/mol. The zero-order valence-corrected chi connectivity index (χ0v) is 30.4. The molecule has 0 radical (unpaired) electrons. The molecular formula is C53H33N3. The number of fused-ring (bicyclic) bond motifs is 4. The second-order valence-electron chi connectivity index (χ2n) is 14.4. The van der Waals surface area contributed by atoms with Gasteiger partial charge in [0.25, 0.3) is 0 Å². The molecule has 0 unspecified atom stereocenters. The van der Waals surface area contributed by atoms with E-state index in [4.69, 9.17) is 9.97 Å². The van der Waals surface area contributed by atoms with Crippen molar-refractivity contribution in [3.05, 3.63) is 200 Å². The lowest BCUT2D eigenvalue weighted by Crippen LogP contribution is -1.96. The third kappa shape index (κ3) is 5.40. The standard InChI is InChI=1S/C53H33N3/c1-2-9-40(10-3-1)53-55-50(31-51(56-53)39-27-23-37(24-28-39)49-33-54-32-41-11-4-5-12-42(41)49)38-25-19-35(20-26-38)34-17-21-36(22-18-34)43-29-30-48-45-14-7-6-13-44(45)47-16-8-15-46(43)52(47)48/h1-33H. The molecule has 0 amide bonds. The minimum atomic E-state index is 0.701. The fourth-order valence-corrected chi connectivity index (χ4v) is 8.36. The van der Waals surface area contributed by atoms with Gasteiger partial charge in [-0.2, -0.15) is 0 Å². The van der Waals surface area contributed by atoms with Crippen LogP contribution in [0.3, 0.4) is 0 Å². The van der Waals surface area contributed by atoms with E-state index in [1.54, 1.807) is 0 Å². The summed E-state index contributed by atoms with van der Waals surface area (Å²) in [5.74, 6) is 0.701. The highest BCUT2D eigenvalue weighted by Crippen LogP contribution is 2.49. The van der Waals surface area contributed by atoms with E-state index in [-0.39, 0.29) is 0 Å². The summed E-state index contributed by atoms with van der Waals surface area (Å²) in [5.41, 5.74) is 17.2. The Kier molecular flexibility index (Phi) is 7.49. The van der Waals surface area contributed by atoms with Gasteiger partial charge in [0.05, 0.1) is 11.4 Å². The molecule has 0 saturated heterocycles. The van der Waals surface area contributed by atoms with Gasteiger partial charge in [-0.25, -0.2) is 9.97 Å². The van der Waals surface area contributed by atoms with Gasteiger partial charge in [0, 0.05) is 40.0 Å². The Morgan fingerprint density at radius 1 is 0.286 bits per heavy atom. The number of aromatic nitrogens is 3. The van der Waals surface area contributed by atoms with Gasteiger partial charge in [-0.1, -0.05) is 182 Å². The van der Waals surface area contributed by atoms with E-state index in [1.165, 1.54) is 55.1 Å². The van der Waals surface area contributed by atoms with Crippen LogP contribution in [-0.4, -0.2) is 15.0 Å². The molecule has 0 aliphatic heterocycles. The molecule has 3 nitrogen and oxygen atoms in total. The van der Waals surface area contributed by atoms with Gasteiger partial charge in [0.15, 0.2) is 5.82 Å². The third-order valence-corrected chi connectivity index (χ3v) is 11.2. The third-order valence-electron chi connectivity index (χ3n) is 11.2. The molecule has 11 rings (SSSR count). The van der Waals surface area contributed by atoms with Gasteiger partial charge >= 0.3 is 0 Å². The van der Waals surface area contributed by atoms with Gasteiger partial charge in [0.2, 0.25) is 0 Å². The number of pyridine rings is 1. The maximum absolute atomic E-state index is 5.08. The summed E-state index contributed by atoms with van der Waals surface area (Å²) in [6.45, 7) is 0. The van der Waals surface area contributed by atoms with E-state index < -0.39 is 0 Å². The number of benzene rings is 8. The molecule has 1 aliphatic carbocycles. The maximum Gasteiger partial charge on any atom is 0.160 e. The van der Waals surface area contributed by atoms with E-state index in [0.717, 1.165) is 50.2 Å². The van der Waals surface area contributed by atoms with Crippen molar-refractivity contribution in [2.75, 3.05) is 0 Å². The van der Waals surface area contributed by atoms with Crippen LogP contribution in [0.5, 0.6) is 0 Å². The van der Waals surface area contributed by atoms with Crippen molar-refractivity contribution in [1.82, 2.24) is 15.0 Å². The molecule has 56 heavy (non-hydrogen) atoms. The average molecular weight is 712 g/mol. The fourth-order valence-electron chi connectivity index (χ4n) is 8.36. The zero-order chi connectivity index (χ0) is 37.0. The first kappa shape index (κ1) is 32.0. The summed E-state index contributed by atoms with van der Waals surface area (Å²) in [6, 6.07) is 67.0. The van der Waals surface area contributed by atoms with Crippen LogP contribution < -0.4 is 0 Å². The molecule has 3 heteroatoms. The highest BCUT2D eigenvalue weighted by molar-refractivity contribution is 6.18. The smallest absolute Gasteiger partial charge is 0.160 e. The van der Waals surface area contributed by atoms with Gasteiger partial charge in [0.1, 0.15) is 0 Å². The molecule has 0 saturated carbocycles. The number of hydrogen-bond donors (Lipinski definition) is 0. The monoisotopic (exact) mass is 711 g/mol. The second kappa shape index (κ2) is 13.1. The van der Waals surface area contributed by atoms with Crippen LogP contribution in [0, 0.1) is 0 Å². The molecule has 0 spiro atoms. The number of nitrogens with zero attached hydrogens (tertiary/aromatic N) is 3. The topological polar surface area (TPSA) is 38.7 Å². The lowest BCUT2D eigenvalue weighted by molar-refractivity contribution is 1.18. The quantitative estimate of drug-likeness (QED) is 0.172. The highest BCUT2D eigenvalue weighted by atomic mass is 14.9. The van der Waals surface area contributed by atoms with E-state index in [2.05, 4.69) is 169 Å². The molecule has 0 bridgehead atoms. The zero-order valence-electron chi connectivity index (χ0n) is 30.4. The first-order valence-electron chi connectivity index (χ1n) is 19.0. The molecule has 0 N–H and O–H groups in total. The first-order chi connectivity index (χ1) is 27.7. The van der Waals surface area contributed by atoms with Gasteiger partial charge in [-0.3, -0.25) is 4.98 Å². The Morgan fingerprint density at radius 2 is 0.786 bits per heavy atom. The van der Waals surface area contributed by atoms with E-state index in [9.17, 15) is 0 Å². The molecule has 10 aromatic rings. The molecule has 2 aromatic heterocycles. The molecular weight excluding hydrogens is 679 g/mol. The Bertz CT molecular complexity index is 3060. The SMILES string of the molecule is c1ccc(-c2nc(-c3ccc(-c4ccc(-c5ccc6c7c(cccc57)-c5ccccc5-6)cc4)cc3)cc(-c3ccc(-c4cncc5ccccc45)cc3)n2)cc1. The lowest BCUT2D eigenvalue weighted by atomic mass is 9.93. The average Bonchev–Trinajstić information content (AvgIpc) is 3.61. The van der Waals surface area contributed by atoms with Crippen LogP contribution in [0.25, 0.3) is 111 Å². The minimum absolute atomic E-state index is 0.701. The molecule has 0 atom stereocenters. The number of hydrogen-bond acceptors (Lipinski definition) is 3. The van der Waals surface area contributed by atoms with E-state index in [1.807, 2.05) is 36.7 Å². The van der Waals surface area contributed by atoms with Crippen molar-refractivity contribution in [2.45, 2.75) is 0 Å². The summed E-state index contributed by atoms with van der Waals surface area (Å²) < 4.78 is 0. The van der Waals surface area contributed by atoms with E-state index >= 15 is 0 Å². The van der Waals surface area contributed by atoms with Crippen LogP contribution in [-0.2, 0) is 0 Å². The van der Waals surface area contributed by atoms with E-state index in [0.29, 0.717) is 5.82 Å².